The van der Waals surface area contributed by atoms with Crippen LogP contribution in [0.25, 0.3) is 10.2 Å². The average Bonchev–Trinajstić information content (AvgIpc) is 2.79. The van der Waals surface area contributed by atoms with Gasteiger partial charge < -0.3 is 4.74 Å². The second kappa shape index (κ2) is 6.24. The molecule has 4 nitrogen and oxygen atoms in total. The normalized spacial score (nSPS) is 14.8. The molecule has 2 aromatic rings. The number of hydrogen-bond donors (Lipinski definition) is 2. The molecule has 3 N–H and O–H groups in total. The summed E-state index contributed by atoms with van der Waals surface area (Å²) in [6, 6.07) is 8.38. The summed E-state index contributed by atoms with van der Waals surface area (Å²) in [4.78, 5) is 4.62. The van der Waals surface area contributed by atoms with Gasteiger partial charge in [0, 0.05) is 19.6 Å². The van der Waals surface area contributed by atoms with E-state index < -0.39 is 0 Å². The van der Waals surface area contributed by atoms with Gasteiger partial charge >= 0.3 is 0 Å². The SMILES string of the molecule is COC(C)CC(Cc1nc2ccccc2s1)NN. The smallest absolute Gasteiger partial charge is 0.0954 e. The second-order valence-corrected chi connectivity index (χ2v) is 5.54. The zero-order valence-electron chi connectivity index (χ0n) is 10.7. The maximum Gasteiger partial charge on any atom is 0.0954 e. The lowest BCUT2D eigenvalue weighted by Crippen LogP contribution is -2.39. The van der Waals surface area contributed by atoms with Crippen molar-refractivity contribution in [1.29, 1.82) is 0 Å². The lowest BCUT2D eigenvalue weighted by Gasteiger charge is -2.18. The molecule has 0 bridgehead atoms. The molecule has 1 heterocycles. The summed E-state index contributed by atoms with van der Waals surface area (Å²) in [5.41, 5.74) is 3.91. The van der Waals surface area contributed by atoms with Crippen molar-refractivity contribution in [3.05, 3.63) is 29.3 Å². The van der Waals surface area contributed by atoms with Gasteiger partial charge in [0.1, 0.15) is 0 Å². The van der Waals surface area contributed by atoms with Gasteiger partial charge in [-0.2, -0.15) is 0 Å². The van der Waals surface area contributed by atoms with E-state index in [-0.39, 0.29) is 12.1 Å². The topological polar surface area (TPSA) is 60.2 Å². The van der Waals surface area contributed by atoms with Gasteiger partial charge in [0.25, 0.3) is 0 Å². The van der Waals surface area contributed by atoms with E-state index in [4.69, 9.17) is 10.6 Å². The molecule has 2 rings (SSSR count). The van der Waals surface area contributed by atoms with Crippen LogP contribution in [-0.2, 0) is 11.2 Å². The van der Waals surface area contributed by atoms with Crippen LogP contribution in [0.3, 0.4) is 0 Å². The van der Waals surface area contributed by atoms with Crippen LogP contribution in [0.1, 0.15) is 18.4 Å². The Morgan fingerprint density at radius 1 is 1.44 bits per heavy atom. The highest BCUT2D eigenvalue weighted by Crippen LogP contribution is 2.23. The number of nitrogens with zero attached hydrogens (tertiary/aromatic N) is 1. The number of thiazole rings is 1. The van der Waals surface area contributed by atoms with Crippen molar-refractivity contribution >= 4 is 21.6 Å². The van der Waals surface area contributed by atoms with Crippen molar-refractivity contribution in [3.8, 4) is 0 Å². The first-order valence-electron chi connectivity index (χ1n) is 6.06. The van der Waals surface area contributed by atoms with E-state index in [1.807, 2.05) is 25.1 Å². The number of hydrazine groups is 1. The molecule has 0 saturated carbocycles. The molecule has 0 amide bonds. The van der Waals surface area contributed by atoms with Crippen molar-refractivity contribution in [2.45, 2.75) is 31.9 Å². The summed E-state index contributed by atoms with van der Waals surface area (Å²) < 4.78 is 6.49. The first-order chi connectivity index (χ1) is 8.72. The molecule has 0 spiro atoms. The lowest BCUT2D eigenvalue weighted by atomic mass is 10.1. The van der Waals surface area contributed by atoms with Gasteiger partial charge in [0.15, 0.2) is 0 Å². The molecule has 0 radical (unpaired) electrons. The highest BCUT2D eigenvalue weighted by Gasteiger charge is 2.14. The van der Waals surface area contributed by atoms with E-state index in [1.54, 1.807) is 18.4 Å². The summed E-state index contributed by atoms with van der Waals surface area (Å²) in [7, 11) is 1.72. The molecule has 0 fully saturated rings. The Morgan fingerprint density at radius 2 is 2.22 bits per heavy atom. The van der Waals surface area contributed by atoms with E-state index in [0.717, 1.165) is 23.4 Å². The average molecular weight is 265 g/mol. The fourth-order valence-electron chi connectivity index (χ4n) is 1.93. The Morgan fingerprint density at radius 3 is 2.89 bits per heavy atom. The minimum atomic E-state index is 0.195. The lowest BCUT2D eigenvalue weighted by molar-refractivity contribution is 0.100. The van der Waals surface area contributed by atoms with Crippen LogP contribution in [0.2, 0.25) is 0 Å². The number of aromatic nitrogens is 1. The van der Waals surface area contributed by atoms with Crippen molar-refractivity contribution in [1.82, 2.24) is 10.4 Å². The van der Waals surface area contributed by atoms with Crippen LogP contribution in [0, 0.1) is 0 Å². The molecule has 0 aliphatic heterocycles. The van der Waals surface area contributed by atoms with Crippen LogP contribution in [0.5, 0.6) is 0 Å². The van der Waals surface area contributed by atoms with Gasteiger partial charge in [0.05, 0.1) is 21.3 Å². The van der Waals surface area contributed by atoms with Gasteiger partial charge in [-0.15, -0.1) is 11.3 Å². The van der Waals surface area contributed by atoms with Crippen molar-refractivity contribution in [2.75, 3.05) is 7.11 Å². The van der Waals surface area contributed by atoms with Crippen LogP contribution >= 0.6 is 11.3 Å². The molecule has 2 atom stereocenters. The van der Waals surface area contributed by atoms with Gasteiger partial charge in [-0.25, -0.2) is 4.98 Å². The molecule has 2 unspecified atom stereocenters. The maximum atomic E-state index is 5.59. The van der Waals surface area contributed by atoms with Gasteiger partial charge in [-0.05, 0) is 25.5 Å². The molecule has 98 valence electrons. The summed E-state index contributed by atoms with van der Waals surface area (Å²) in [5, 5.41) is 1.11. The van der Waals surface area contributed by atoms with Gasteiger partial charge in [-0.3, -0.25) is 11.3 Å². The van der Waals surface area contributed by atoms with E-state index in [9.17, 15) is 0 Å². The number of hydrogen-bond acceptors (Lipinski definition) is 5. The van der Waals surface area contributed by atoms with Crippen LogP contribution in [0.4, 0.5) is 0 Å². The van der Waals surface area contributed by atoms with Crippen LogP contribution in [-0.4, -0.2) is 24.2 Å². The Bertz CT molecular complexity index is 467. The van der Waals surface area contributed by atoms with Crippen LogP contribution in [0.15, 0.2) is 24.3 Å². The van der Waals surface area contributed by atoms with Crippen molar-refractivity contribution in [3.63, 3.8) is 0 Å². The third kappa shape index (κ3) is 3.26. The first kappa shape index (κ1) is 13.4. The number of methoxy groups -OCH3 is 1. The third-order valence-electron chi connectivity index (χ3n) is 3.01. The molecule has 0 aliphatic carbocycles. The monoisotopic (exact) mass is 265 g/mol. The fraction of sp³-hybridized carbons (Fsp3) is 0.462. The Balaban J connectivity index is 2.06. The van der Waals surface area contributed by atoms with E-state index in [2.05, 4.69) is 16.5 Å². The number of nitrogens with two attached hydrogens (primary N) is 1. The molecule has 18 heavy (non-hydrogen) atoms. The fourth-order valence-corrected chi connectivity index (χ4v) is 2.97. The van der Waals surface area contributed by atoms with E-state index >= 15 is 0 Å². The number of benzene rings is 1. The molecule has 0 saturated heterocycles. The molecule has 1 aromatic heterocycles. The number of fused-ring (bicyclic) bond motifs is 1. The highest BCUT2D eigenvalue weighted by molar-refractivity contribution is 7.18. The number of para-hydroxylation sites is 1. The molecule has 0 aliphatic rings. The number of ether oxygens (including phenoxy) is 1. The van der Waals surface area contributed by atoms with Crippen molar-refractivity contribution in [2.24, 2.45) is 5.84 Å². The predicted octanol–water partition coefficient (Wildman–Crippen LogP) is 2.10. The number of rotatable bonds is 6. The minimum absolute atomic E-state index is 0.195. The molecular weight excluding hydrogens is 246 g/mol. The van der Waals surface area contributed by atoms with E-state index in [1.165, 1.54) is 4.70 Å². The first-order valence-corrected chi connectivity index (χ1v) is 6.88. The minimum Gasteiger partial charge on any atom is -0.382 e. The standard InChI is InChI=1S/C13H19N3OS/c1-9(17-2)7-10(16-14)8-13-15-11-5-3-4-6-12(11)18-13/h3-6,9-10,16H,7-8,14H2,1-2H3. The van der Waals surface area contributed by atoms with E-state index in [0.29, 0.717) is 0 Å². The predicted molar refractivity (Wildman–Crippen MR) is 75.5 cm³/mol. The van der Waals surface area contributed by atoms with Crippen molar-refractivity contribution < 1.29 is 4.74 Å². The van der Waals surface area contributed by atoms with Gasteiger partial charge in [0.2, 0.25) is 0 Å². The summed E-state index contributed by atoms with van der Waals surface area (Å²) in [5.74, 6) is 5.59. The Labute approximate surface area is 111 Å². The number of nitrogens with one attached hydrogen (secondary N) is 1. The zero-order chi connectivity index (χ0) is 13.0. The third-order valence-corrected chi connectivity index (χ3v) is 4.07. The summed E-state index contributed by atoms with van der Waals surface area (Å²) in [6.07, 6.45) is 1.91. The maximum absolute atomic E-state index is 5.59. The van der Waals surface area contributed by atoms with Gasteiger partial charge in [-0.1, -0.05) is 12.1 Å². The molecule has 5 heteroatoms. The second-order valence-electron chi connectivity index (χ2n) is 4.43. The molecule has 1 aromatic carbocycles. The van der Waals surface area contributed by atoms with Crippen LogP contribution < -0.4 is 11.3 Å². The summed E-state index contributed by atoms with van der Waals surface area (Å²) >= 11 is 1.73. The highest BCUT2D eigenvalue weighted by atomic mass is 32.1. The largest absolute Gasteiger partial charge is 0.382 e. The molecular formula is C13H19N3OS. The summed E-state index contributed by atoms with van der Waals surface area (Å²) in [6.45, 7) is 2.04. The quantitative estimate of drug-likeness (QED) is 0.620. The zero-order valence-corrected chi connectivity index (χ0v) is 11.5. The Kier molecular flexibility index (Phi) is 4.66. The Hall–Kier alpha value is -1.01.